The van der Waals surface area contributed by atoms with Crippen LogP contribution >= 0.6 is 0 Å². The van der Waals surface area contributed by atoms with Gasteiger partial charge in [0.2, 0.25) is 0 Å². The van der Waals surface area contributed by atoms with Gasteiger partial charge in [0, 0.05) is 17.7 Å². The summed E-state index contributed by atoms with van der Waals surface area (Å²) in [5.74, 6) is 0.167. The fraction of sp³-hybridized carbons (Fsp3) is 0.562. The van der Waals surface area contributed by atoms with E-state index in [-0.39, 0.29) is 11.7 Å². The van der Waals surface area contributed by atoms with Crippen LogP contribution in [0.1, 0.15) is 38.8 Å². The number of rotatable bonds is 5. The van der Waals surface area contributed by atoms with Crippen LogP contribution in [0.4, 0.5) is 4.39 Å². The molecule has 0 atom stereocenters. The molecule has 0 radical (unpaired) electrons. The first-order valence-corrected chi connectivity index (χ1v) is 7.19. The normalized spacial score (nSPS) is 20.5. The van der Waals surface area contributed by atoms with E-state index in [1.807, 2.05) is 0 Å². The molecule has 116 valence electrons. The largest absolute Gasteiger partial charge is 0.409 e. The summed E-state index contributed by atoms with van der Waals surface area (Å²) in [6.07, 6.45) is 0. The first-order valence-electron chi connectivity index (χ1n) is 7.19. The lowest BCUT2D eigenvalue weighted by atomic mass is 10.0. The maximum Gasteiger partial charge on any atom is 0.170 e. The van der Waals surface area contributed by atoms with E-state index in [1.165, 1.54) is 6.07 Å². The summed E-state index contributed by atoms with van der Waals surface area (Å²) in [6, 6.07) is 4.61. The van der Waals surface area contributed by atoms with Gasteiger partial charge >= 0.3 is 0 Å². The van der Waals surface area contributed by atoms with Crippen LogP contribution in [0.2, 0.25) is 0 Å². The third-order valence-corrected chi connectivity index (χ3v) is 5.44. The highest BCUT2D eigenvalue weighted by atomic mass is 19.1. The van der Waals surface area contributed by atoms with E-state index in [2.05, 4.69) is 38.2 Å². The van der Waals surface area contributed by atoms with Crippen LogP contribution in [0.15, 0.2) is 23.4 Å². The summed E-state index contributed by atoms with van der Waals surface area (Å²) >= 11 is 0. The molecule has 2 rings (SSSR count). The SMILES string of the molecule is CC1(C)C(CNCc2ccc(C(N)=NO)cc2F)C1(C)C. The molecule has 4 N–H and O–H groups in total. The van der Waals surface area contributed by atoms with Crippen molar-refractivity contribution < 1.29 is 9.60 Å². The second-order valence-corrected chi connectivity index (χ2v) is 6.92. The Hall–Kier alpha value is -1.62. The second kappa shape index (κ2) is 5.30. The van der Waals surface area contributed by atoms with E-state index in [0.717, 1.165) is 6.54 Å². The Kier molecular flexibility index (Phi) is 3.97. The summed E-state index contributed by atoms with van der Waals surface area (Å²) in [5.41, 5.74) is 7.06. The maximum atomic E-state index is 14.0. The molecule has 1 aliphatic carbocycles. The number of benzene rings is 1. The van der Waals surface area contributed by atoms with Gasteiger partial charge in [-0.15, -0.1) is 0 Å². The van der Waals surface area contributed by atoms with Crippen molar-refractivity contribution in [3.05, 3.63) is 35.1 Å². The van der Waals surface area contributed by atoms with Crippen LogP contribution in [0, 0.1) is 22.6 Å². The van der Waals surface area contributed by atoms with Gasteiger partial charge in [-0.25, -0.2) is 4.39 Å². The van der Waals surface area contributed by atoms with Gasteiger partial charge in [-0.2, -0.15) is 0 Å². The third kappa shape index (κ3) is 2.75. The number of nitrogens with zero attached hydrogens (tertiary/aromatic N) is 1. The molecule has 0 spiro atoms. The molecular formula is C16H24FN3O. The van der Waals surface area contributed by atoms with Crippen molar-refractivity contribution in [2.45, 2.75) is 34.2 Å². The Balaban J connectivity index is 1.93. The van der Waals surface area contributed by atoms with Gasteiger partial charge < -0.3 is 16.3 Å². The Morgan fingerprint density at radius 2 is 1.95 bits per heavy atom. The van der Waals surface area contributed by atoms with Crippen molar-refractivity contribution in [1.82, 2.24) is 5.32 Å². The Bertz CT molecular complexity index is 553. The fourth-order valence-corrected chi connectivity index (χ4v) is 3.10. The number of halogens is 1. The summed E-state index contributed by atoms with van der Waals surface area (Å²) < 4.78 is 14.0. The lowest BCUT2D eigenvalue weighted by Gasteiger charge is -2.08. The lowest BCUT2D eigenvalue weighted by Crippen LogP contribution is -2.20. The average Bonchev–Trinajstić information content (AvgIpc) is 2.81. The number of nitrogens with two attached hydrogens (primary N) is 1. The Morgan fingerprint density at radius 3 is 2.43 bits per heavy atom. The molecular weight excluding hydrogens is 269 g/mol. The lowest BCUT2D eigenvalue weighted by molar-refractivity contribution is 0.318. The molecule has 1 aromatic carbocycles. The van der Waals surface area contributed by atoms with Crippen molar-refractivity contribution in [2.75, 3.05) is 6.54 Å². The molecule has 1 aliphatic rings. The molecule has 4 nitrogen and oxygen atoms in total. The summed E-state index contributed by atoms with van der Waals surface area (Å²) in [4.78, 5) is 0. The summed E-state index contributed by atoms with van der Waals surface area (Å²) in [5, 5.41) is 14.8. The molecule has 5 heteroatoms. The fourth-order valence-electron chi connectivity index (χ4n) is 3.10. The molecule has 21 heavy (non-hydrogen) atoms. The van der Waals surface area contributed by atoms with E-state index < -0.39 is 0 Å². The Labute approximate surface area is 125 Å². The predicted octanol–water partition coefficient (Wildman–Crippen LogP) is 2.69. The minimum absolute atomic E-state index is 0.0881. The summed E-state index contributed by atoms with van der Waals surface area (Å²) in [7, 11) is 0. The highest BCUT2D eigenvalue weighted by Gasteiger charge is 2.63. The maximum absolute atomic E-state index is 14.0. The van der Waals surface area contributed by atoms with Gasteiger partial charge in [0.05, 0.1) is 0 Å². The molecule has 0 aliphatic heterocycles. The van der Waals surface area contributed by atoms with Crippen LogP contribution < -0.4 is 11.1 Å². The number of hydrogen-bond donors (Lipinski definition) is 3. The molecule has 0 amide bonds. The van der Waals surface area contributed by atoms with Gasteiger partial charge in [-0.3, -0.25) is 0 Å². The molecule has 1 fully saturated rings. The molecule has 1 saturated carbocycles. The van der Waals surface area contributed by atoms with Crippen molar-refractivity contribution in [3.63, 3.8) is 0 Å². The third-order valence-electron chi connectivity index (χ3n) is 5.44. The zero-order valence-corrected chi connectivity index (χ0v) is 13.1. The van der Waals surface area contributed by atoms with E-state index >= 15 is 0 Å². The molecule has 1 aromatic rings. The highest BCUT2D eigenvalue weighted by Crippen LogP contribution is 2.67. The van der Waals surface area contributed by atoms with Crippen LogP contribution in [0.3, 0.4) is 0 Å². The van der Waals surface area contributed by atoms with Gasteiger partial charge in [0.1, 0.15) is 5.82 Å². The van der Waals surface area contributed by atoms with Gasteiger partial charge in [0.25, 0.3) is 0 Å². The standard InChI is InChI=1S/C16H24FN3O/c1-15(2)13(16(15,3)4)9-19-8-11-6-5-10(7-12(11)17)14(18)20-21/h5-7,13,19,21H,8-9H2,1-4H3,(H2,18,20). The summed E-state index contributed by atoms with van der Waals surface area (Å²) in [6.45, 7) is 10.4. The number of hydrogen-bond acceptors (Lipinski definition) is 3. The van der Waals surface area contributed by atoms with Crippen molar-refractivity contribution in [1.29, 1.82) is 0 Å². The quantitative estimate of drug-likeness (QED) is 0.338. The van der Waals surface area contributed by atoms with E-state index in [0.29, 0.717) is 34.4 Å². The number of amidine groups is 1. The first kappa shape index (κ1) is 15.8. The number of nitrogens with one attached hydrogen (secondary N) is 1. The van der Waals surface area contributed by atoms with Crippen molar-refractivity contribution >= 4 is 5.84 Å². The molecule has 0 bridgehead atoms. The predicted molar refractivity (Wildman–Crippen MR) is 81.7 cm³/mol. The van der Waals surface area contributed by atoms with E-state index in [9.17, 15) is 4.39 Å². The second-order valence-electron chi connectivity index (χ2n) is 6.92. The van der Waals surface area contributed by atoms with Gasteiger partial charge in [0.15, 0.2) is 5.84 Å². The van der Waals surface area contributed by atoms with Crippen molar-refractivity contribution in [3.8, 4) is 0 Å². The minimum atomic E-state index is -0.346. The molecule has 0 saturated heterocycles. The zero-order valence-electron chi connectivity index (χ0n) is 13.1. The monoisotopic (exact) mass is 293 g/mol. The molecule has 0 aromatic heterocycles. The average molecular weight is 293 g/mol. The minimum Gasteiger partial charge on any atom is -0.409 e. The highest BCUT2D eigenvalue weighted by molar-refractivity contribution is 5.97. The molecule has 0 unspecified atom stereocenters. The number of oxime groups is 1. The molecule has 0 heterocycles. The van der Waals surface area contributed by atoms with Gasteiger partial charge in [-0.05, 0) is 29.4 Å². The van der Waals surface area contributed by atoms with Gasteiger partial charge in [-0.1, -0.05) is 45.0 Å². The van der Waals surface area contributed by atoms with Crippen LogP contribution in [0.5, 0.6) is 0 Å². The first-order chi connectivity index (χ1) is 9.71. The van der Waals surface area contributed by atoms with Crippen molar-refractivity contribution in [2.24, 2.45) is 27.6 Å². The van der Waals surface area contributed by atoms with E-state index in [1.54, 1.807) is 12.1 Å². The smallest absolute Gasteiger partial charge is 0.170 e. The Morgan fingerprint density at radius 1 is 1.33 bits per heavy atom. The van der Waals surface area contributed by atoms with E-state index in [4.69, 9.17) is 10.9 Å². The topological polar surface area (TPSA) is 70.6 Å². The zero-order chi connectivity index (χ0) is 15.8. The van der Waals surface area contributed by atoms with Crippen LogP contribution in [-0.4, -0.2) is 17.6 Å². The van der Waals surface area contributed by atoms with Crippen LogP contribution in [0.25, 0.3) is 0 Å². The van der Waals surface area contributed by atoms with Crippen LogP contribution in [-0.2, 0) is 6.54 Å².